The number of amides is 1. The molecule has 2 atom stereocenters. The number of benzene rings is 2. The van der Waals surface area contributed by atoms with Crippen molar-refractivity contribution in [3.05, 3.63) is 64.9 Å². The Kier molecular flexibility index (Phi) is 3.20. The van der Waals surface area contributed by atoms with Crippen LogP contribution in [0.4, 0.5) is 10.1 Å². The quantitative estimate of drug-likeness (QED) is 0.865. The fourth-order valence-electron chi connectivity index (χ4n) is 2.47. The molecule has 0 unspecified atom stereocenters. The maximum atomic E-state index is 13.3. The number of rotatable bonds is 2. The van der Waals surface area contributed by atoms with Gasteiger partial charge in [0.15, 0.2) is 0 Å². The van der Waals surface area contributed by atoms with Gasteiger partial charge in [0.05, 0.1) is 6.04 Å². The maximum absolute atomic E-state index is 13.3. The van der Waals surface area contributed by atoms with E-state index in [1.54, 1.807) is 30.3 Å². The zero-order chi connectivity index (χ0) is 14.3. The summed E-state index contributed by atoms with van der Waals surface area (Å²) < 4.78 is 13.3. The van der Waals surface area contributed by atoms with Gasteiger partial charge in [-0.15, -0.1) is 0 Å². The van der Waals surface area contributed by atoms with Gasteiger partial charge in [-0.2, -0.15) is 0 Å². The van der Waals surface area contributed by atoms with Crippen LogP contribution in [0.3, 0.4) is 0 Å². The minimum Gasteiger partial charge on any atom is -0.318 e. The molecule has 1 aliphatic heterocycles. The van der Waals surface area contributed by atoms with E-state index in [1.165, 1.54) is 17.0 Å². The Morgan fingerprint density at radius 1 is 1.15 bits per heavy atom. The molecule has 0 spiro atoms. The summed E-state index contributed by atoms with van der Waals surface area (Å²) in [5, 5.41) is 0.577. The number of hydrogen-bond donors (Lipinski definition) is 1. The first kappa shape index (κ1) is 13.1. The van der Waals surface area contributed by atoms with Crippen LogP contribution < -0.4 is 10.6 Å². The number of nitrogens with two attached hydrogens (primary N) is 1. The fourth-order valence-corrected chi connectivity index (χ4v) is 2.67. The van der Waals surface area contributed by atoms with Gasteiger partial charge in [0.1, 0.15) is 11.9 Å². The van der Waals surface area contributed by atoms with Gasteiger partial charge in [-0.05, 0) is 35.9 Å². The monoisotopic (exact) mass is 290 g/mol. The molecule has 0 bridgehead atoms. The number of nitrogens with zero attached hydrogens (tertiary/aromatic N) is 1. The van der Waals surface area contributed by atoms with E-state index in [2.05, 4.69) is 0 Å². The van der Waals surface area contributed by atoms with Crippen LogP contribution in [0.15, 0.2) is 48.5 Å². The first-order valence-corrected chi connectivity index (χ1v) is 6.55. The van der Waals surface area contributed by atoms with Crippen LogP contribution in [0.2, 0.25) is 5.02 Å². The Morgan fingerprint density at radius 3 is 2.60 bits per heavy atom. The molecule has 1 fully saturated rings. The number of anilines is 1. The summed E-state index contributed by atoms with van der Waals surface area (Å²) in [6.45, 7) is 0. The van der Waals surface area contributed by atoms with E-state index in [9.17, 15) is 9.18 Å². The average molecular weight is 291 g/mol. The summed E-state index contributed by atoms with van der Waals surface area (Å²) in [5.74, 6) is -0.610. The molecule has 3 nitrogen and oxygen atoms in total. The highest BCUT2D eigenvalue weighted by molar-refractivity contribution is 6.30. The van der Waals surface area contributed by atoms with Crippen molar-refractivity contribution in [2.45, 2.75) is 12.1 Å². The fraction of sp³-hybridized carbons (Fsp3) is 0.133. The molecule has 0 aromatic heterocycles. The largest absolute Gasteiger partial charge is 0.318 e. The molecule has 2 N–H and O–H groups in total. The normalized spacial score (nSPS) is 21.8. The highest BCUT2D eigenvalue weighted by Crippen LogP contribution is 2.38. The molecule has 0 radical (unpaired) electrons. The molecule has 2 aromatic rings. The van der Waals surface area contributed by atoms with Crippen molar-refractivity contribution in [1.29, 1.82) is 0 Å². The van der Waals surface area contributed by atoms with Gasteiger partial charge in [0.2, 0.25) is 5.91 Å². The van der Waals surface area contributed by atoms with E-state index < -0.39 is 6.04 Å². The Labute approximate surface area is 120 Å². The molecule has 5 heteroatoms. The third-order valence-electron chi connectivity index (χ3n) is 3.42. The number of halogens is 2. The van der Waals surface area contributed by atoms with Crippen molar-refractivity contribution in [2.24, 2.45) is 5.73 Å². The molecule has 0 saturated carbocycles. The van der Waals surface area contributed by atoms with Crippen LogP contribution in [0.25, 0.3) is 0 Å². The van der Waals surface area contributed by atoms with E-state index in [0.717, 1.165) is 5.56 Å². The molecule has 1 saturated heterocycles. The van der Waals surface area contributed by atoms with E-state index >= 15 is 0 Å². The van der Waals surface area contributed by atoms with Gasteiger partial charge in [-0.25, -0.2) is 4.39 Å². The van der Waals surface area contributed by atoms with Crippen LogP contribution in [-0.4, -0.2) is 11.9 Å². The summed E-state index contributed by atoms with van der Waals surface area (Å²) in [7, 11) is 0. The van der Waals surface area contributed by atoms with E-state index in [0.29, 0.717) is 10.7 Å². The van der Waals surface area contributed by atoms with Gasteiger partial charge < -0.3 is 10.6 Å². The maximum Gasteiger partial charge on any atom is 0.247 e. The third kappa shape index (κ3) is 2.07. The summed E-state index contributed by atoms with van der Waals surface area (Å²) in [6, 6.07) is 12.1. The summed E-state index contributed by atoms with van der Waals surface area (Å²) >= 11 is 5.97. The molecule has 3 rings (SSSR count). The van der Waals surface area contributed by atoms with Gasteiger partial charge >= 0.3 is 0 Å². The highest BCUT2D eigenvalue weighted by atomic mass is 35.5. The summed E-state index contributed by atoms with van der Waals surface area (Å²) in [4.78, 5) is 13.5. The minimum absolute atomic E-state index is 0.222. The van der Waals surface area contributed by atoms with Crippen molar-refractivity contribution in [2.75, 3.05) is 4.90 Å². The molecule has 20 heavy (non-hydrogen) atoms. The van der Waals surface area contributed by atoms with Gasteiger partial charge in [-0.3, -0.25) is 4.79 Å². The zero-order valence-electron chi connectivity index (χ0n) is 10.5. The first-order chi connectivity index (χ1) is 9.58. The average Bonchev–Trinajstić information content (AvgIpc) is 2.43. The lowest BCUT2D eigenvalue weighted by Crippen LogP contribution is -2.63. The topological polar surface area (TPSA) is 46.3 Å². The molecular formula is C15H12ClFN2O. The zero-order valence-corrected chi connectivity index (χ0v) is 11.2. The standard InChI is InChI=1S/C15H12ClFN2O/c16-10-4-1-3-9(7-10)14-13(18)15(20)19(14)12-6-2-5-11(17)8-12/h1-8,13-14H,18H2/t13-,14+/m0/s1. The second kappa shape index (κ2) is 4.89. The van der Waals surface area contributed by atoms with Crippen LogP contribution >= 0.6 is 11.6 Å². The Morgan fingerprint density at radius 2 is 1.90 bits per heavy atom. The SMILES string of the molecule is N[C@@H]1C(=O)N(c2cccc(F)c2)[C@@H]1c1cccc(Cl)c1. The van der Waals surface area contributed by atoms with Crippen molar-refractivity contribution >= 4 is 23.2 Å². The second-order valence-electron chi connectivity index (χ2n) is 4.71. The first-order valence-electron chi connectivity index (χ1n) is 6.17. The third-order valence-corrected chi connectivity index (χ3v) is 3.65. The Bertz CT molecular complexity index is 676. The van der Waals surface area contributed by atoms with Crippen molar-refractivity contribution < 1.29 is 9.18 Å². The summed E-state index contributed by atoms with van der Waals surface area (Å²) in [5.41, 5.74) is 7.23. The minimum atomic E-state index is -0.628. The van der Waals surface area contributed by atoms with Gasteiger partial charge in [0.25, 0.3) is 0 Å². The van der Waals surface area contributed by atoms with Gasteiger partial charge in [-0.1, -0.05) is 29.8 Å². The Balaban J connectivity index is 2.00. The lowest BCUT2D eigenvalue weighted by molar-refractivity contribution is -0.126. The van der Waals surface area contributed by atoms with Crippen LogP contribution in [-0.2, 0) is 4.79 Å². The van der Waals surface area contributed by atoms with Crippen molar-refractivity contribution in [3.8, 4) is 0 Å². The van der Waals surface area contributed by atoms with Crippen LogP contribution in [0, 0.1) is 5.82 Å². The lowest BCUT2D eigenvalue weighted by Gasteiger charge is -2.45. The molecule has 1 heterocycles. The molecule has 1 aliphatic rings. The van der Waals surface area contributed by atoms with E-state index in [-0.39, 0.29) is 17.8 Å². The van der Waals surface area contributed by atoms with Crippen molar-refractivity contribution in [1.82, 2.24) is 0 Å². The molecule has 2 aromatic carbocycles. The molecular weight excluding hydrogens is 279 g/mol. The number of carbonyl (C=O) groups excluding carboxylic acids is 1. The van der Waals surface area contributed by atoms with Crippen LogP contribution in [0.1, 0.15) is 11.6 Å². The highest BCUT2D eigenvalue weighted by Gasteiger charge is 2.46. The van der Waals surface area contributed by atoms with Crippen molar-refractivity contribution in [3.63, 3.8) is 0 Å². The van der Waals surface area contributed by atoms with Gasteiger partial charge in [0, 0.05) is 10.7 Å². The summed E-state index contributed by atoms with van der Waals surface area (Å²) in [6.07, 6.45) is 0. The van der Waals surface area contributed by atoms with E-state index in [4.69, 9.17) is 17.3 Å². The number of hydrogen-bond acceptors (Lipinski definition) is 2. The smallest absolute Gasteiger partial charge is 0.247 e. The molecule has 102 valence electrons. The molecule has 1 amide bonds. The second-order valence-corrected chi connectivity index (χ2v) is 5.15. The van der Waals surface area contributed by atoms with Crippen LogP contribution in [0.5, 0.6) is 0 Å². The predicted octanol–water partition coefficient (Wildman–Crippen LogP) is 2.89. The Hall–Kier alpha value is -1.91. The van der Waals surface area contributed by atoms with E-state index in [1.807, 2.05) is 6.07 Å². The number of β-lactam (4-membered cyclic amide) rings is 1. The number of carbonyl (C=O) groups is 1. The lowest BCUT2D eigenvalue weighted by atomic mass is 9.88. The molecule has 0 aliphatic carbocycles. The predicted molar refractivity (Wildman–Crippen MR) is 76.1 cm³/mol.